The summed E-state index contributed by atoms with van der Waals surface area (Å²) in [5, 5.41) is 3.36. The Morgan fingerprint density at radius 1 is 1.29 bits per heavy atom. The molecule has 1 saturated carbocycles. The minimum atomic E-state index is -0.509. The number of thiocarbonyl (C=S) groups is 1. The molecule has 7 nitrogen and oxygen atoms in total. The summed E-state index contributed by atoms with van der Waals surface area (Å²) in [4.78, 5) is 31.0. The number of carbonyl (C=O) groups excluding carboxylic acids is 2. The quantitative estimate of drug-likeness (QED) is 0.713. The summed E-state index contributed by atoms with van der Waals surface area (Å²) in [5.74, 6) is 1.33. The van der Waals surface area contributed by atoms with Crippen LogP contribution >= 0.6 is 12.2 Å². The van der Waals surface area contributed by atoms with Gasteiger partial charge >= 0.3 is 0 Å². The summed E-state index contributed by atoms with van der Waals surface area (Å²) < 4.78 is 10.7. The molecule has 1 unspecified atom stereocenters. The van der Waals surface area contributed by atoms with E-state index in [1.165, 1.54) is 17.7 Å². The number of hydrogen-bond acceptors (Lipinski definition) is 5. The third-order valence-corrected chi connectivity index (χ3v) is 6.05. The van der Waals surface area contributed by atoms with Crippen molar-refractivity contribution >= 4 is 34.9 Å². The zero-order valence-corrected chi connectivity index (χ0v) is 16.8. The van der Waals surface area contributed by atoms with E-state index in [2.05, 4.69) is 17.2 Å². The number of hydrogen-bond donors (Lipinski definition) is 1. The molecule has 1 saturated heterocycles. The first-order valence-electron chi connectivity index (χ1n) is 9.94. The van der Waals surface area contributed by atoms with Crippen molar-refractivity contribution in [3.8, 4) is 0 Å². The molecule has 4 rings (SSSR count). The normalized spacial score (nSPS) is 29.0. The van der Waals surface area contributed by atoms with Gasteiger partial charge in [-0.1, -0.05) is 6.92 Å². The van der Waals surface area contributed by atoms with E-state index < -0.39 is 5.92 Å². The Morgan fingerprint density at radius 3 is 2.82 bits per heavy atom. The summed E-state index contributed by atoms with van der Waals surface area (Å²) in [6.07, 6.45) is 8.82. The largest absolute Gasteiger partial charge is 0.454 e. The molecule has 0 aromatic rings. The lowest BCUT2D eigenvalue weighted by Crippen LogP contribution is -2.47. The van der Waals surface area contributed by atoms with Crippen molar-refractivity contribution in [3.05, 3.63) is 23.7 Å². The van der Waals surface area contributed by atoms with Gasteiger partial charge in [-0.05, 0) is 56.3 Å². The maximum absolute atomic E-state index is 12.9. The van der Waals surface area contributed by atoms with Crippen molar-refractivity contribution in [2.45, 2.75) is 51.5 Å². The van der Waals surface area contributed by atoms with Crippen LogP contribution in [0, 0.1) is 11.8 Å². The highest BCUT2D eigenvalue weighted by Crippen LogP contribution is 2.31. The zero-order chi connectivity index (χ0) is 19.7. The molecule has 0 bridgehead atoms. The first-order valence-corrected chi connectivity index (χ1v) is 10.3. The molecule has 0 aromatic carbocycles. The van der Waals surface area contributed by atoms with E-state index in [4.69, 9.17) is 21.7 Å². The Hall–Kier alpha value is -2.22. The number of ether oxygens (including phenoxy) is 2. The lowest BCUT2D eigenvalue weighted by molar-refractivity contribution is -0.129. The highest BCUT2D eigenvalue weighted by molar-refractivity contribution is 7.80. The lowest BCUT2D eigenvalue weighted by Gasteiger charge is -2.31. The highest BCUT2D eigenvalue weighted by atomic mass is 32.1. The Balaban J connectivity index is 1.30. The van der Waals surface area contributed by atoms with E-state index in [1.807, 2.05) is 0 Å². The molecule has 2 fully saturated rings. The molecule has 1 N–H and O–H groups in total. The van der Waals surface area contributed by atoms with Crippen LogP contribution in [0.2, 0.25) is 0 Å². The van der Waals surface area contributed by atoms with E-state index in [-0.39, 0.29) is 29.8 Å². The highest BCUT2D eigenvalue weighted by Gasteiger charge is 2.38. The zero-order valence-electron chi connectivity index (χ0n) is 16.0. The molecule has 28 heavy (non-hydrogen) atoms. The fraction of sp³-hybridized carbons (Fsp3) is 0.600. The summed E-state index contributed by atoms with van der Waals surface area (Å²) in [5.41, 5.74) is 0.583. The first kappa shape index (κ1) is 19.1. The summed E-state index contributed by atoms with van der Waals surface area (Å²) in [6, 6.07) is 0.289. The number of nitrogens with one attached hydrogen (secondary N) is 1. The first-order chi connectivity index (χ1) is 13.5. The average Bonchev–Trinajstić information content (AvgIpc) is 3.12. The number of allylic oxidation sites excluding steroid dienone is 1. The van der Waals surface area contributed by atoms with Gasteiger partial charge in [-0.25, -0.2) is 4.99 Å². The molecule has 150 valence electrons. The van der Waals surface area contributed by atoms with Crippen molar-refractivity contribution in [2.24, 2.45) is 16.8 Å². The van der Waals surface area contributed by atoms with Crippen LogP contribution in [-0.4, -0.2) is 46.9 Å². The summed E-state index contributed by atoms with van der Waals surface area (Å²) in [7, 11) is 0. The number of rotatable bonds is 5. The number of aliphatic imine (C=N–C) groups is 1. The van der Waals surface area contributed by atoms with E-state index >= 15 is 0 Å². The Bertz CT molecular complexity index is 780. The molecule has 0 spiro atoms. The van der Waals surface area contributed by atoms with Crippen LogP contribution in [0.1, 0.15) is 45.4 Å². The van der Waals surface area contributed by atoms with Gasteiger partial charge in [-0.15, -0.1) is 0 Å². The molecule has 0 aromatic heterocycles. The van der Waals surface area contributed by atoms with Crippen molar-refractivity contribution in [3.63, 3.8) is 0 Å². The molecular weight excluding hydrogens is 378 g/mol. The smallest absolute Gasteiger partial charge is 0.241 e. The van der Waals surface area contributed by atoms with Crippen LogP contribution in [0.3, 0.4) is 0 Å². The van der Waals surface area contributed by atoms with Crippen LogP contribution in [0.5, 0.6) is 0 Å². The topological polar surface area (TPSA) is 80.2 Å². The van der Waals surface area contributed by atoms with Crippen LogP contribution in [0.15, 0.2) is 28.7 Å². The molecule has 1 atom stereocenters. The van der Waals surface area contributed by atoms with Gasteiger partial charge in [0.1, 0.15) is 5.92 Å². The Labute approximate surface area is 169 Å². The molecule has 2 heterocycles. The van der Waals surface area contributed by atoms with E-state index in [9.17, 15) is 9.59 Å². The summed E-state index contributed by atoms with van der Waals surface area (Å²) in [6.45, 7) is 2.79. The van der Waals surface area contributed by atoms with Gasteiger partial charge in [-0.3, -0.25) is 14.5 Å². The Morgan fingerprint density at radius 2 is 2.04 bits per heavy atom. The van der Waals surface area contributed by atoms with E-state index in [0.29, 0.717) is 36.6 Å². The van der Waals surface area contributed by atoms with Crippen molar-refractivity contribution < 1.29 is 19.1 Å². The van der Waals surface area contributed by atoms with Crippen molar-refractivity contribution in [1.29, 1.82) is 0 Å². The standard InChI is InChI=1S/C20H25N3O4S/c1-12-4-6-13(7-5-12)21-18(24)3-2-8-23-19(25)14-9-16-17(27-11-26-16)10-15(14)22-20(23)28/h9-10,12-14H,2-8,11H2,1H3,(H,21,24). The molecule has 2 aliphatic heterocycles. The third kappa shape index (κ3) is 3.97. The van der Waals surface area contributed by atoms with Crippen molar-refractivity contribution in [2.75, 3.05) is 13.3 Å². The SMILES string of the molecule is CC1CCC(NC(=O)CCCN2C(=O)C3C=C4OCOC4=CC3=NC2=S)CC1. The lowest BCUT2D eigenvalue weighted by atomic mass is 9.87. The second kappa shape index (κ2) is 8.03. The van der Waals surface area contributed by atoms with Crippen LogP contribution in [0.4, 0.5) is 0 Å². The predicted molar refractivity (Wildman–Crippen MR) is 107 cm³/mol. The number of amides is 2. The molecular formula is C20H25N3O4S. The van der Waals surface area contributed by atoms with Gasteiger partial charge in [0.15, 0.2) is 11.5 Å². The maximum Gasteiger partial charge on any atom is 0.241 e. The van der Waals surface area contributed by atoms with E-state index in [1.54, 1.807) is 12.2 Å². The average molecular weight is 404 g/mol. The molecule has 8 heteroatoms. The monoisotopic (exact) mass is 403 g/mol. The molecule has 2 aliphatic carbocycles. The summed E-state index contributed by atoms with van der Waals surface area (Å²) >= 11 is 5.31. The van der Waals surface area contributed by atoms with Crippen LogP contribution < -0.4 is 5.32 Å². The maximum atomic E-state index is 12.9. The predicted octanol–water partition coefficient (Wildman–Crippen LogP) is 2.43. The van der Waals surface area contributed by atoms with Gasteiger partial charge in [0.05, 0.1) is 5.71 Å². The molecule has 4 aliphatic rings. The van der Waals surface area contributed by atoms with E-state index in [0.717, 1.165) is 18.8 Å². The minimum absolute atomic E-state index is 0.0444. The second-order valence-corrected chi connectivity index (χ2v) is 8.23. The van der Waals surface area contributed by atoms with Gasteiger partial charge in [-0.2, -0.15) is 0 Å². The third-order valence-electron chi connectivity index (χ3n) is 5.74. The minimum Gasteiger partial charge on any atom is -0.454 e. The van der Waals surface area contributed by atoms with Gasteiger partial charge in [0, 0.05) is 25.1 Å². The van der Waals surface area contributed by atoms with Gasteiger partial charge in [0.25, 0.3) is 0 Å². The van der Waals surface area contributed by atoms with Crippen molar-refractivity contribution in [1.82, 2.24) is 10.2 Å². The fourth-order valence-corrected chi connectivity index (χ4v) is 4.33. The van der Waals surface area contributed by atoms with Gasteiger partial charge < -0.3 is 14.8 Å². The fourth-order valence-electron chi connectivity index (χ4n) is 4.04. The Kier molecular flexibility index (Phi) is 5.48. The molecule has 0 radical (unpaired) electrons. The second-order valence-electron chi connectivity index (χ2n) is 7.86. The van der Waals surface area contributed by atoms with Crippen LogP contribution in [0.25, 0.3) is 0 Å². The number of carbonyl (C=O) groups is 2. The van der Waals surface area contributed by atoms with Crippen LogP contribution in [-0.2, 0) is 19.1 Å². The van der Waals surface area contributed by atoms with Gasteiger partial charge in [0.2, 0.25) is 23.7 Å². The molecule has 2 amide bonds. The number of nitrogens with zero attached hydrogens (tertiary/aromatic N) is 2. The number of fused-ring (bicyclic) bond motifs is 2.